The fourth-order valence-electron chi connectivity index (χ4n) is 4.07. The number of fused-ring (bicyclic) bond motifs is 3. The van der Waals surface area contributed by atoms with E-state index < -0.39 is 0 Å². The Morgan fingerprint density at radius 1 is 1.09 bits per heavy atom. The highest BCUT2D eigenvalue weighted by Gasteiger charge is 2.26. The Labute approximate surface area is 191 Å². The molecule has 9 nitrogen and oxygen atoms in total. The third-order valence-electron chi connectivity index (χ3n) is 5.51. The Kier molecular flexibility index (Phi) is 6.05. The van der Waals surface area contributed by atoms with Crippen molar-refractivity contribution >= 4 is 5.82 Å². The normalized spacial score (nSPS) is 11.9. The number of ether oxygens (including phenoxy) is 1. The summed E-state index contributed by atoms with van der Waals surface area (Å²) >= 11 is 0. The van der Waals surface area contributed by atoms with Crippen molar-refractivity contribution in [3.05, 3.63) is 71.2 Å². The molecule has 0 saturated heterocycles. The van der Waals surface area contributed by atoms with Gasteiger partial charge in [-0.05, 0) is 28.0 Å². The zero-order chi connectivity index (χ0) is 22.6. The van der Waals surface area contributed by atoms with Crippen LogP contribution in [0.2, 0.25) is 0 Å². The molecule has 0 bridgehead atoms. The lowest BCUT2D eigenvalue weighted by molar-refractivity contribution is 0.0992. The van der Waals surface area contributed by atoms with E-state index in [0.29, 0.717) is 32.0 Å². The predicted octanol–water partition coefficient (Wildman–Crippen LogP) is 2.25. The molecule has 0 spiro atoms. The minimum atomic E-state index is 0.0144. The topological polar surface area (TPSA) is 111 Å². The van der Waals surface area contributed by atoms with Gasteiger partial charge in [-0.25, -0.2) is 9.97 Å². The van der Waals surface area contributed by atoms with Crippen molar-refractivity contribution in [3.8, 4) is 22.5 Å². The number of aliphatic hydroxyl groups excluding tert-OH is 1. The van der Waals surface area contributed by atoms with Gasteiger partial charge in [-0.1, -0.05) is 42.5 Å². The molecule has 0 aliphatic heterocycles. The first-order chi connectivity index (χ1) is 16.2. The van der Waals surface area contributed by atoms with E-state index in [0.717, 1.165) is 40.4 Å². The molecule has 0 amide bonds. The molecule has 0 unspecified atom stereocenters. The second kappa shape index (κ2) is 9.43. The van der Waals surface area contributed by atoms with Gasteiger partial charge in [0.1, 0.15) is 11.6 Å². The summed E-state index contributed by atoms with van der Waals surface area (Å²) in [5.41, 5.74) is 6.42. The van der Waals surface area contributed by atoms with Crippen LogP contribution in [-0.4, -0.2) is 61.6 Å². The first-order valence-electron chi connectivity index (χ1n) is 10.9. The Hall–Kier alpha value is -3.69. The van der Waals surface area contributed by atoms with Gasteiger partial charge >= 0.3 is 0 Å². The number of hydrogen-bond donors (Lipinski definition) is 2. The lowest BCUT2D eigenvalue weighted by atomic mass is 10.0. The first kappa shape index (κ1) is 21.2. The molecule has 4 aromatic rings. The average molecular weight is 444 g/mol. The summed E-state index contributed by atoms with van der Waals surface area (Å²) in [7, 11) is 1.76. The van der Waals surface area contributed by atoms with E-state index in [1.54, 1.807) is 7.05 Å². The number of aliphatic hydroxyl groups is 1. The molecule has 2 aromatic heterocycles. The van der Waals surface area contributed by atoms with E-state index in [-0.39, 0.29) is 6.61 Å². The second-order valence-corrected chi connectivity index (χ2v) is 7.89. The molecule has 0 atom stereocenters. The first-order valence-corrected chi connectivity index (χ1v) is 10.9. The van der Waals surface area contributed by atoms with E-state index in [2.05, 4.69) is 45.0 Å². The maximum Gasteiger partial charge on any atom is 0.204 e. The van der Waals surface area contributed by atoms with Gasteiger partial charge in [-0.15, -0.1) is 10.2 Å². The number of aromatic nitrogens is 6. The second-order valence-electron chi connectivity index (χ2n) is 7.89. The molecule has 0 radical (unpaired) electrons. The van der Waals surface area contributed by atoms with Crippen LogP contribution < -0.4 is 5.32 Å². The van der Waals surface area contributed by atoms with Crippen molar-refractivity contribution in [1.29, 1.82) is 0 Å². The highest BCUT2D eigenvalue weighted by molar-refractivity contribution is 5.85. The minimum Gasteiger partial charge on any atom is -0.394 e. The van der Waals surface area contributed by atoms with Crippen molar-refractivity contribution in [3.63, 3.8) is 0 Å². The molecule has 2 heterocycles. The van der Waals surface area contributed by atoms with Crippen molar-refractivity contribution in [2.24, 2.45) is 7.05 Å². The number of tetrazole rings is 1. The number of aryl methyl sites for hydroxylation is 1. The molecule has 2 aromatic carbocycles. The van der Waals surface area contributed by atoms with E-state index in [4.69, 9.17) is 19.8 Å². The third kappa shape index (κ3) is 4.59. The van der Waals surface area contributed by atoms with Crippen LogP contribution in [0.4, 0.5) is 5.82 Å². The predicted molar refractivity (Wildman–Crippen MR) is 124 cm³/mol. The van der Waals surface area contributed by atoms with Crippen LogP contribution in [0.25, 0.3) is 22.5 Å². The standard InChI is InChI=1S/C24H25N7O2/c1-31-29-23(28-30-31)17-7-8-19-18(14-17)15-20-22(19)24(25-9-11-33-12-10-32)27-21(26-20)13-16-5-3-2-4-6-16/h2-8,14,32H,9-13,15H2,1H3,(H,25,26,27). The summed E-state index contributed by atoms with van der Waals surface area (Å²) in [5.74, 6) is 2.19. The molecular formula is C24H25N7O2. The van der Waals surface area contributed by atoms with Crippen LogP contribution in [-0.2, 0) is 24.6 Å². The lowest BCUT2D eigenvalue weighted by Gasteiger charge is -2.13. The number of benzene rings is 2. The zero-order valence-electron chi connectivity index (χ0n) is 18.4. The van der Waals surface area contributed by atoms with Gasteiger partial charge < -0.3 is 15.2 Å². The van der Waals surface area contributed by atoms with Crippen molar-refractivity contribution in [2.45, 2.75) is 12.8 Å². The van der Waals surface area contributed by atoms with Crippen LogP contribution in [0.3, 0.4) is 0 Å². The van der Waals surface area contributed by atoms with Gasteiger partial charge in [0.05, 0.1) is 32.6 Å². The number of nitrogens with one attached hydrogen (secondary N) is 1. The average Bonchev–Trinajstić information content (AvgIpc) is 3.42. The van der Waals surface area contributed by atoms with Crippen molar-refractivity contribution in [1.82, 2.24) is 30.2 Å². The van der Waals surface area contributed by atoms with E-state index >= 15 is 0 Å². The summed E-state index contributed by atoms with van der Waals surface area (Å²) < 4.78 is 5.41. The van der Waals surface area contributed by atoms with Crippen LogP contribution in [0.1, 0.15) is 22.6 Å². The summed E-state index contributed by atoms with van der Waals surface area (Å²) in [5, 5.41) is 24.7. The van der Waals surface area contributed by atoms with Gasteiger partial charge in [0, 0.05) is 30.5 Å². The fraction of sp³-hybridized carbons (Fsp3) is 0.292. The Morgan fingerprint density at radius 3 is 2.76 bits per heavy atom. The molecule has 33 heavy (non-hydrogen) atoms. The Bertz CT molecular complexity index is 1260. The van der Waals surface area contributed by atoms with Gasteiger partial charge in [0.2, 0.25) is 5.82 Å². The van der Waals surface area contributed by atoms with E-state index in [1.165, 1.54) is 15.9 Å². The van der Waals surface area contributed by atoms with Crippen molar-refractivity contribution < 1.29 is 9.84 Å². The van der Waals surface area contributed by atoms with Gasteiger partial charge in [-0.2, -0.15) is 4.80 Å². The maximum absolute atomic E-state index is 8.92. The van der Waals surface area contributed by atoms with Gasteiger partial charge in [0.25, 0.3) is 0 Å². The summed E-state index contributed by atoms with van der Waals surface area (Å²) in [6.45, 7) is 1.41. The molecule has 5 rings (SSSR count). The number of anilines is 1. The lowest BCUT2D eigenvalue weighted by Crippen LogP contribution is -2.14. The van der Waals surface area contributed by atoms with Gasteiger partial charge in [-0.3, -0.25) is 0 Å². The monoisotopic (exact) mass is 443 g/mol. The van der Waals surface area contributed by atoms with Crippen molar-refractivity contribution in [2.75, 3.05) is 31.7 Å². The largest absolute Gasteiger partial charge is 0.394 e. The van der Waals surface area contributed by atoms with Gasteiger partial charge in [0.15, 0.2) is 0 Å². The maximum atomic E-state index is 8.92. The highest BCUT2D eigenvalue weighted by atomic mass is 16.5. The highest BCUT2D eigenvalue weighted by Crippen LogP contribution is 2.41. The fourth-order valence-corrected chi connectivity index (χ4v) is 4.07. The number of nitrogens with zero attached hydrogens (tertiary/aromatic N) is 6. The Balaban J connectivity index is 1.47. The van der Waals surface area contributed by atoms with E-state index in [9.17, 15) is 0 Å². The molecule has 1 aliphatic rings. The summed E-state index contributed by atoms with van der Waals surface area (Å²) in [4.78, 5) is 11.3. The molecule has 0 saturated carbocycles. The molecule has 9 heteroatoms. The molecular weight excluding hydrogens is 418 g/mol. The Morgan fingerprint density at radius 2 is 1.97 bits per heavy atom. The van der Waals surface area contributed by atoms with Crippen LogP contribution in [0, 0.1) is 0 Å². The summed E-state index contributed by atoms with van der Waals surface area (Å²) in [6.07, 6.45) is 1.38. The molecule has 2 N–H and O–H groups in total. The smallest absolute Gasteiger partial charge is 0.204 e. The quantitative estimate of drug-likeness (QED) is 0.334. The molecule has 0 fully saturated rings. The van der Waals surface area contributed by atoms with Crippen LogP contribution in [0.15, 0.2) is 48.5 Å². The summed E-state index contributed by atoms with van der Waals surface area (Å²) in [6, 6.07) is 16.4. The minimum absolute atomic E-state index is 0.0144. The molecule has 168 valence electrons. The number of rotatable bonds is 9. The zero-order valence-corrected chi connectivity index (χ0v) is 18.4. The van der Waals surface area contributed by atoms with Crippen LogP contribution >= 0.6 is 0 Å². The van der Waals surface area contributed by atoms with Crippen LogP contribution in [0.5, 0.6) is 0 Å². The van der Waals surface area contributed by atoms with E-state index in [1.807, 2.05) is 24.3 Å². The molecule has 1 aliphatic carbocycles. The third-order valence-corrected chi connectivity index (χ3v) is 5.51. The number of hydrogen-bond acceptors (Lipinski definition) is 8. The SMILES string of the molecule is Cn1nnc(-c2ccc3c(c2)Cc2nc(Cc4ccccc4)nc(NCCOCCO)c2-3)n1.